The zero-order valence-corrected chi connectivity index (χ0v) is 15.2. The number of nitrogens with zero attached hydrogens (tertiary/aromatic N) is 5. The van der Waals surface area contributed by atoms with Crippen LogP contribution < -0.4 is 5.32 Å². The van der Waals surface area contributed by atoms with Crippen molar-refractivity contribution in [3.8, 4) is 6.07 Å². The standard InChI is InChI=1S/C19H19ClN6/c1-25-7-4-14(5-8-25)26-9-6-15-18(22-12-23-19(15)26)24-17-3-2-13(11-21)10-16(17)20/h2-3,6,9-10,12,14H,4-5,7-8H2,1H3,(H,22,23,24). The molecule has 1 aliphatic heterocycles. The number of benzene rings is 1. The summed E-state index contributed by atoms with van der Waals surface area (Å²) in [5, 5.41) is 13.7. The normalized spacial score (nSPS) is 15.9. The van der Waals surface area contributed by atoms with Crippen LogP contribution in [0.3, 0.4) is 0 Å². The zero-order valence-electron chi connectivity index (χ0n) is 14.5. The monoisotopic (exact) mass is 366 g/mol. The van der Waals surface area contributed by atoms with Crippen molar-refractivity contribution >= 4 is 34.1 Å². The predicted molar refractivity (Wildman–Crippen MR) is 103 cm³/mol. The van der Waals surface area contributed by atoms with E-state index in [1.165, 1.54) is 0 Å². The van der Waals surface area contributed by atoms with Crippen LogP contribution in [0.4, 0.5) is 11.5 Å². The number of likely N-dealkylation sites (tertiary alicyclic amines) is 1. The van der Waals surface area contributed by atoms with E-state index < -0.39 is 0 Å². The first-order valence-corrected chi connectivity index (χ1v) is 9.00. The molecule has 1 fully saturated rings. The lowest BCUT2D eigenvalue weighted by Crippen LogP contribution is -2.31. The third-order valence-electron chi connectivity index (χ3n) is 4.94. The topological polar surface area (TPSA) is 69.8 Å². The molecule has 7 heteroatoms. The number of nitriles is 1. The molecule has 1 aromatic carbocycles. The summed E-state index contributed by atoms with van der Waals surface area (Å²) < 4.78 is 2.26. The van der Waals surface area contributed by atoms with Crippen LogP contribution in [-0.4, -0.2) is 39.6 Å². The van der Waals surface area contributed by atoms with Gasteiger partial charge in [-0.3, -0.25) is 0 Å². The Balaban J connectivity index is 1.66. The van der Waals surface area contributed by atoms with Gasteiger partial charge < -0.3 is 14.8 Å². The molecular formula is C19H19ClN6. The van der Waals surface area contributed by atoms with Crippen LogP contribution in [0, 0.1) is 11.3 Å². The van der Waals surface area contributed by atoms with Crippen LogP contribution >= 0.6 is 11.6 Å². The second-order valence-electron chi connectivity index (χ2n) is 6.65. The van der Waals surface area contributed by atoms with Gasteiger partial charge in [0.25, 0.3) is 0 Å². The van der Waals surface area contributed by atoms with E-state index in [0.717, 1.165) is 42.7 Å². The molecule has 0 radical (unpaired) electrons. The number of hydrogen-bond acceptors (Lipinski definition) is 5. The Hall–Kier alpha value is -2.62. The summed E-state index contributed by atoms with van der Waals surface area (Å²) in [4.78, 5) is 11.3. The number of aromatic nitrogens is 3. The van der Waals surface area contributed by atoms with Gasteiger partial charge in [-0.15, -0.1) is 0 Å². The van der Waals surface area contributed by atoms with Gasteiger partial charge in [0.1, 0.15) is 17.8 Å². The molecule has 1 N–H and O–H groups in total. The number of rotatable bonds is 3. The Bertz CT molecular complexity index is 981. The van der Waals surface area contributed by atoms with Crippen molar-refractivity contribution in [2.45, 2.75) is 18.9 Å². The van der Waals surface area contributed by atoms with Crippen molar-refractivity contribution in [3.63, 3.8) is 0 Å². The molecule has 0 unspecified atom stereocenters. The fourth-order valence-electron chi connectivity index (χ4n) is 3.45. The summed E-state index contributed by atoms with van der Waals surface area (Å²) in [6.07, 6.45) is 5.91. The Morgan fingerprint density at radius 2 is 2.04 bits per heavy atom. The molecule has 1 aliphatic rings. The maximum absolute atomic E-state index is 8.97. The molecule has 0 spiro atoms. The summed E-state index contributed by atoms with van der Waals surface area (Å²) in [5.74, 6) is 0.716. The zero-order chi connectivity index (χ0) is 18.1. The number of hydrogen-bond donors (Lipinski definition) is 1. The van der Waals surface area contributed by atoms with Gasteiger partial charge in [-0.2, -0.15) is 5.26 Å². The molecule has 0 bridgehead atoms. The van der Waals surface area contributed by atoms with Crippen molar-refractivity contribution in [3.05, 3.63) is 47.4 Å². The Labute approximate surface area is 157 Å². The first kappa shape index (κ1) is 16.8. The maximum atomic E-state index is 8.97. The molecule has 6 nitrogen and oxygen atoms in total. The summed E-state index contributed by atoms with van der Waals surface area (Å²) in [6.45, 7) is 2.20. The molecule has 3 aromatic rings. The molecule has 0 saturated carbocycles. The minimum absolute atomic E-state index is 0.463. The lowest BCUT2D eigenvalue weighted by Gasteiger charge is -2.30. The van der Waals surface area contributed by atoms with E-state index >= 15 is 0 Å². The highest BCUT2D eigenvalue weighted by atomic mass is 35.5. The number of piperidine rings is 1. The van der Waals surface area contributed by atoms with Crippen molar-refractivity contribution < 1.29 is 0 Å². The highest BCUT2D eigenvalue weighted by Crippen LogP contribution is 2.31. The smallest absolute Gasteiger partial charge is 0.145 e. The van der Waals surface area contributed by atoms with E-state index in [1.807, 2.05) is 6.07 Å². The quantitative estimate of drug-likeness (QED) is 0.759. The molecule has 4 rings (SSSR count). The van der Waals surface area contributed by atoms with Gasteiger partial charge in [0, 0.05) is 12.2 Å². The summed E-state index contributed by atoms with van der Waals surface area (Å²) >= 11 is 6.28. The van der Waals surface area contributed by atoms with Crippen LogP contribution in [0.5, 0.6) is 0 Å². The number of fused-ring (bicyclic) bond motifs is 1. The average Bonchev–Trinajstić information content (AvgIpc) is 3.09. The van der Waals surface area contributed by atoms with Crippen LogP contribution in [0.15, 0.2) is 36.8 Å². The third kappa shape index (κ3) is 3.12. The minimum atomic E-state index is 0.463. The molecule has 0 atom stereocenters. The van der Waals surface area contributed by atoms with Crippen LogP contribution in [0.2, 0.25) is 5.02 Å². The molecule has 0 aliphatic carbocycles. The minimum Gasteiger partial charge on any atom is -0.338 e. The second kappa shape index (κ2) is 6.94. The van der Waals surface area contributed by atoms with Crippen LogP contribution in [0.1, 0.15) is 24.4 Å². The molecule has 0 amide bonds. The summed E-state index contributed by atoms with van der Waals surface area (Å²) in [5.41, 5.74) is 2.18. The maximum Gasteiger partial charge on any atom is 0.145 e. The molecule has 1 saturated heterocycles. The predicted octanol–water partition coefficient (Wildman–Crippen LogP) is 3.97. The highest BCUT2D eigenvalue weighted by molar-refractivity contribution is 6.33. The largest absolute Gasteiger partial charge is 0.338 e. The van der Waals surface area contributed by atoms with Gasteiger partial charge >= 0.3 is 0 Å². The van der Waals surface area contributed by atoms with Crippen LogP contribution in [0.25, 0.3) is 11.0 Å². The third-order valence-corrected chi connectivity index (χ3v) is 5.25. The fourth-order valence-corrected chi connectivity index (χ4v) is 3.68. The van der Waals surface area contributed by atoms with Crippen molar-refractivity contribution in [2.75, 3.05) is 25.5 Å². The van der Waals surface area contributed by atoms with E-state index in [4.69, 9.17) is 16.9 Å². The van der Waals surface area contributed by atoms with Gasteiger partial charge in [-0.1, -0.05) is 11.6 Å². The SMILES string of the molecule is CN1CCC(n2ccc3c(Nc4ccc(C#N)cc4Cl)ncnc32)CC1. The van der Waals surface area contributed by atoms with E-state index in [1.54, 1.807) is 24.5 Å². The highest BCUT2D eigenvalue weighted by Gasteiger charge is 2.20. The average molecular weight is 367 g/mol. The van der Waals surface area contributed by atoms with E-state index in [2.05, 4.69) is 44.1 Å². The van der Waals surface area contributed by atoms with Crippen molar-refractivity contribution in [2.24, 2.45) is 0 Å². The number of nitrogens with one attached hydrogen (secondary N) is 1. The van der Waals surface area contributed by atoms with Gasteiger partial charge in [0.15, 0.2) is 0 Å². The second-order valence-corrected chi connectivity index (χ2v) is 7.06. The van der Waals surface area contributed by atoms with Gasteiger partial charge in [0.05, 0.1) is 27.7 Å². The first-order valence-electron chi connectivity index (χ1n) is 8.62. The van der Waals surface area contributed by atoms with Crippen molar-refractivity contribution in [1.82, 2.24) is 19.4 Å². The Morgan fingerprint density at radius 1 is 1.23 bits per heavy atom. The lowest BCUT2D eigenvalue weighted by molar-refractivity contribution is 0.223. The fraction of sp³-hybridized carbons (Fsp3) is 0.316. The molecular weight excluding hydrogens is 348 g/mol. The number of halogens is 1. The van der Waals surface area contributed by atoms with Crippen LogP contribution in [-0.2, 0) is 0 Å². The van der Waals surface area contributed by atoms with Gasteiger partial charge in [-0.05, 0) is 57.2 Å². The van der Waals surface area contributed by atoms with E-state index in [9.17, 15) is 0 Å². The molecule has 132 valence electrons. The molecule has 26 heavy (non-hydrogen) atoms. The van der Waals surface area contributed by atoms with E-state index in [0.29, 0.717) is 22.4 Å². The first-order chi connectivity index (χ1) is 12.7. The summed E-state index contributed by atoms with van der Waals surface area (Å²) in [7, 11) is 2.16. The molecule has 3 heterocycles. The van der Waals surface area contributed by atoms with Gasteiger partial charge in [-0.25, -0.2) is 9.97 Å². The lowest BCUT2D eigenvalue weighted by atomic mass is 10.1. The Morgan fingerprint density at radius 3 is 2.77 bits per heavy atom. The number of anilines is 2. The summed E-state index contributed by atoms with van der Waals surface area (Å²) in [6, 6.07) is 9.77. The van der Waals surface area contributed by atoms with Crippen molar-refractivity contribution in [1.29, 1.82) is 5.26 Å². The Kier molecular flexibility index (Phi) is 4.49. The molecule has 2 aromatic heterocycles. The van der Waals surface area contributed by atoms with E-state index in [-0.39, 0.29) is 0 Å². The van der Waals surface area contributed by atoms with Gasteiger partial charge in [0.2, 0.25) is 0 Å².